The number of carboxylic acid groups (broad SMARTS) is 1. The number of amides is 2. The van der Waals surface area contributed by atoms with Gasteiger partial charge in [0.15, 0.2) is 0 Å². The predicted molar refractivity (Wildman–Crippen MR) is 78.9 cm³/mol. The molecule has 1 aromatic carbocycles. The molecule has 1 rings (SSSR count). The molecule has 0 aliphatic heterocycles. The Kier molecular flexibility index (Phi) is 5.55. The number of urea groups is 1. The lowest BCUT2D eigenvalue weighted by Gasteiger charge is -2.18. The van der Waals surface area contributed by atoms with Crippen molar-refractivity contribution in [3.05, 3.63) is 29.8 Å². The van der Waals surface area contributed by atoms with Crippen molar-refractivity contribution in [2.75, 3.05) is 11.9 Å². The summed E-state index contributed by atoms with van der Waals surface area (Å²) in [5, 5.41) is 14.3. The van der Waals surface area contributed by atoms with Gasteiger partial charge in [0, 0.05) is 12.2 Å². The molecule has 110 valence electrons. The molecule has 2 amide bonds. The number of carbonyl (C=O) groups is 2. The molecule has 0 saturated carbocycles. The van der Waals surface area contributed by atoms with Crippen molar-refractivity contribution < 1.29 is 14.7 Å². The fourth-order valence-electron chi connectivity index (χ4n) is 1.68. The molecule has 0 atom stereocenters. The lowest BCUT2D eigenvalue weighted by Crippen LogP contribution is -2.31. The quantitative estimate of drug-likeness (QED) is 0.775. The third kappa shape index (κ3) is 6.22. The van der Waals surface area contributed by atoms with Gasteiger partial charge in [0.25, 0.3) is 0 Å². The van der Waals surface area contributed by atoms with Crippen LogP contribution in [0.5, 0.6) is 0 Å². The van der Waals surface area contributed by atoms with Crippen molar-refractivity contribution in [3.63, 3.8) is 0 Å². The molecule has 0 aliphatic rings. The van der Waals surface area contributed by atoms with Crippen molar-refractivity contribution >= 4 is 17.7 Å². The number of benzene rings is 1. The second-order valence-electron chi connectivity index (χ2n) is 5.92. The van der Waals surface area contributed by atoms with Gasteiger partial charge in [-0.05, 0) is 23.5 Å². The number of hydrogen-bond donors (Lipinski definition) is 3. The van der Waals surface area contributed by atoms with Gasteiger partial charge in [-0.1, -0.05) is 39.0 Å². The highest BCUT2D eigenvalue weighted by molar-refractivity contribution is 5.90. The van der Waals surface area contributed by atoms with Crippen LogP contribution in [-0.2, 0) is 11.2 Å². The van der Waals surface area contributed by atoms with Crippen LogP contribution in [0.15, 0.2) is 24.3 Å². The zero-order chi connectivity index (χ0) is 15.2. The van der Waals surface area contributed by atoms with Crippen LogP contribution in [0, 0.1) is 5.41 Å². The smallest absolute Gasteiger partial charge is 0.319 e. The fraction of sp³-hybridized carbons (Fsp3) is 0.467. The van der Waals surface area contributed by atoms with Crippen molar-refractivity contribution in [1.29, 1.82) is 0 Å². The number of aliphatic carboxylic acids is 1. The Morgan fingerprint density at radius 2 is 1.85 bits per heavy atom. The topological polar surface area (TPSA) is 78.4 Å². The summed E-state index contributed by atoms with van der Waals surface area (Å²) in [6, 6.07) is 6.59. The fourth-order valence-corrected chi connectivity index (χ4v) is 1.68. The molecular formula is C15H22N2O3. The number of carbonyl (C=O) groups excluding carboxylic acids is 1. The van der Waals surface area contributed by atoms with Crippen LogP contribution in [0.25, 0.3) is 0 Å². The molecule has 0 aliphatic carbocycles. The van der Waals surface area contributed by atoms with Crippen molar-refractivity contribution in [1.82, 2.24) is 5.32 Å². The number of carboxylic acids is 1. The zero-order valence-electron chi connectivity index (χ0n) is 12.2. The molecule has 0 radical (unpaired) electrons. The number of rotatable bonds is 5. The third-order valence-corrected chi connectivity index (χ3v) is 2.77. The van der Waals surface area contributed by atoms with Crippen LogP contribution in [0.3, 0.4) is 0 Å². The Hall–Kier alpha value is -2.04. The first-order valence-electron chi connectivity index (χ1n) is 6.62. The Bertz CT molecular complexity index is 478. The summed E-state index contributed by atoms with van der Waals surface area (Å²) in [6.45, 7) is 6.90. The van der Waals surface area contributed by atoms with Crippen molar-refractivity contribution in [2.24, 2.45) is 5.41 Å². The molecular weight excluding hydrogens is 256 g/mol. The largest absolute Gasteiger partial charge is 0.481 e. The van der Waals surface area contributed by atoms with Crippen LogP contribution in [0.4, 0.5) is 10.5 Å². The maximum atomic E-state index is 11.8. The van der Waals surface area contributed by atoms with E-state index in [1.54, 1.807) is 24.3 Å². The summed E-state index contributed by atoms with van der Waals surface area (Å²) < 4.78 is 0. The first kappa shape index (κ1) is 16.0. The summed E-state index contributed by atoms with van der Waals surface area (Å²) in [4.78, 5) is 22.5. The van der Waals surface area contributed by atoms with Crippen LogP contribution < -0.4 is 10.6 Å². The molecule has 1 aromatic rings. The minimum absolute atomic E-state index is 0.113. The van der Waals surface area contributed by atoms with Gasteiger partial charge >= 0.3 is 12.0 Å². The Morgan fingerprint density at radius 3 is 2.45 bits per heavy atom. The SMILES string of the molecule is CC(C)(C)CCNC(=O)Nc1ccccc1CC(=O)O. The van der Waals surface area contributed by atoms with E-state index in [1.165, 1.54) is 0 Å². The molecule has 0 bridgehead atoms. The Morgan fingerprint density at radius 1 is 1.20 bits per heavy atom. The number of hydrogen-bond acceptors (Lipinski definition) is 2. The summed E-state index contributed by atoms with van der Waals surface area (Å²) in [6.07, 6.45) is 0.760. The molecule has 0 unspecified atom stereocenters. The first-order chi connectivity index (χ1) is 9.28. The van der Waals surface area contributed by atoms with E-state index in [2.05, 4.69) is 31.4 Å². The van der Waals surface area contributed by atoms with Gasteiger partial charge < -0.3 is 15.7 Å². The van der Waals surface area contributed by atoms with Crippen LogP contribution in [0.2, 0.25) is 0 Å². The van der Waals surface area contributed by atoms with E-state index in [0.717, 1.165) is 6.42 Å². The molecule has 0 aromatic heterocycles. The molecule has 0 saturated heterocycles. The highest BCUT2D eigenvalue weighted by atomic mass is 16.4. The first-order valence-corrected chi connectivity index (χ1v) is 6.62. The highest BCUT2D eigenvalue weighted by Crippen LogP contribution is 2.17. The number of nitrogens with one attached hydrogen (secondary N) is 2. The highest BCUT2D eigenvalue weighted by Gasteiger charge is 2.12. The Labute approximate surface area is 119 Å². The van der Waals surface area contributed by atoms with E-state index in [0.29, 0.717) is 17.8 Å². The lowest BCUT2D eigenvalue weighted by atomic mass is 9.92. The lowest BCUT2D eigenvalue weighted by molar-refractivity contribution is -0.136. The van der Waals surface area contributed by atoms with E-state index >= 15 is 0 Å². The summed E-state index contributed by atoms with van der Waals surface area (Å²) in [7, 11) is 0. The summed E-state index contributed by atoms with van der Waals surface area (Å²) >= 11 is 0. The maximum absolute atomic E-state index is 11.8. The normalized spacial score (nSPS) is 10.9. The number of para-hydroxylation sites is 1. The minimum Gasteiger partial charge on any atom is -0.481 e. The predicted octanol–water partition coefficient (Wildman–Crippen LogP) is 2.87. The van der Waals surface area contributed by atoms with Gasteiger partial charge in [-0.15, -0.1) is 0 Å². The van der Waals surface area contributed by atoms with Crippen LogP contribution in [-0.4, -0.2) is 23.7 Å². The van der Waals surface area contributed by atoms with Gasteiger partial charge in [0.1, 0.15) is 0 Å². The molecule has 20 heavy (non-hydrogen) atoms. The second-order valence-corrected chi connectivity index (χ2v) is 5.92. The summed E-state index contributed by atoms with van der Waals surface area (Å²) in [5.41, 5.74) is 1.28. The van der Waals surface area contributed by atoms with E-state index in [9.17, 15) is 9.59 Å². The van der Waals surface area contributed by atoms with E-state index in [1.807, 2.05) is 0 Å². The zero-order valence-corrected chi connectivity index (χ0v) is 12.2. The maximum Gasteiger partial charge on any atom is 0.319 e. The van der Waals surface area contributed by atoms with Crippen LogP contribution in [0.1, 0.15) is 32.8 Å². The Balaban J connectivity index is 2.55. The third-order valence-electron chi connectivity index (χ3n) is 2.77. The van der Waals surface area contributed by atoms with Crippen molar-refractivity contribution in [2.45, 2.75) is 33.6 Å². The molecule has 0 heterocycles. The van der Waals surface area contributed by atoms with E-state index in [4.69, 9.17) is 5.11 Å². The van der Waals surface area contributed by atoms with Gasteiger partial charge in [-0.25, -0.2) is 4.79 Å². The van der Waals surface area contributed by atoms with E-state index in [-0.39, 0.29) is 17.9 Å². The minimum atomic E-state index is -0.924. The van der Waals surface area contributed by atoms with Gasteiger partial charge in [-0.2, -0.15) is 0 Å². The average Bonchev–Trinajstić information content (AvgIpc) is 2.29. The van der Waals surface area contributed by atoms with Crippen molar-refractivity contribution in [3.8, 4) is 0 Å². The molecule has 3 N–H and O–H groups in total. The average molecular weight is 278 g/mol. The molecule has 5 heteroatoms. The van der Waals surface area contributed by atoms with Gasteiger partial charge in [0.2, 0.25) is 0 Å². The number of anilines is 1. The summed E-state index contributed by atoms with van der Waals surface area (Å²) in [5.74, 6) is -0.924. The molecule has 0 fully saturated rings. The van der Waals surface area contributed by atoms with Gasteiger partial charge in [-0.3, -0.25) is 4.79 Å². The second kappa shape index (κ2) is 6.93. The standard InChI is InChI=1S/C15H22N2O3/c1-15(2,3)8-9-16-14(20)17-12-7-5-4-6-11(12)10-13(18)19/h4-7H,8-10H2,1-3H3,(H,18,19)(H2,16,17,20). The molecule has 0 spiro atoms. The van der Waals surface area contributed by atoms with Gasteiger partial charge in [0.05, 0.1) is 6.42 Å². The molecule has 5 nitrogen and oxygen atoms in total. The monoisotopic (exact) mass is 278 g/mol. The van der Waals surface area contributed by atoms with E-state index < -0.39 is 5.97 Å². The van der Waals surface area contributed by atoms with Crippen LogP contribution >= 0.6 is 0 Å².